The Hall–Kier alpha value is -0.940. The summed E-state index contributed by atoms with van der Waals surface area (Å²) in [4.78, 5) is 11.4. The number of carbonyl (C=O) groups is 1. The lowest BCUT2D eigenvalue weighted by Crippen LogP contribution is -2.11. The zero-order valence-electron chi connectivity index (χ0n) is 8.83. The number of carbonyl (C=O) groups excluding carboxylic acids is 1. The van der Waals surface area contributed by atoms with Gasteiger partial charge in [-0.1, -0.05) is 15.9 Å². The van der Waals surface area contributed by atoms with E-state index in [2.05, 4.69) is 15.9 Å². The summed E-state index contributed by atoms with van der Waals surface area (Å²) < 4.78 is 23.4. The van der Waals surface area contributed by atoms with Crippen LogP contribution in [0.1, 0.15) is 17.3 Å². The summed E-state index contributed by atoms with van der Waals surface area (Å²) in [5.41, 5.74) is 0.184. The summed E-state index contributed by atoms with van der Waals surface area (Å²) in [7, 11) is 0. The van der Waals surface area contributed by atoms with Crippen molar-refractivity contribution < 1.29 is 18.7 Å². The van der Waals surface area contributed by atoms with Crippen LogP contribution in [0, 0.1) is 5.82 Å². The average Bonchev–Trinajstić information content (AvgIpc) is 2.22. The second-order valence-electron chi connectivity index (χ2n) is 2.99. The summed E-state index contributed by atoms with van der Waals surface area (Å²) in [5, 5.41) is 0. The molecule has 0 amide bonds. The second-order valence-corrected chi connectivity index (χ2v) is 3.91. The van der Waals surface area contributed by atoms with Crippen LogP contribution < -0.4 is 0 Å². The van der Waals surface area contributed by atoms with Crippen LogP contribution in [0.15, 0.2) is 22.7 Å². The van der Waals surface area contributed by atoms with Gasteiger partial charge in [-0.25, -0.2) is 9.18 Å². The van der Waals surface area contributed by atoms with Crippen LogP contribution in [0.25, 0.3) is 0 Å². The fraction of sp³-hybridized carbons (Fsp3) is 0.364. The predicted molar refractivity (Wildman–Crippen MR) is 60.9 cm³/mol. The van der Waals surface area contributed by atoms with Gasteiger partial charge in [-0.05, 0) is 25.1 Å². The van der Waals surface area contributed by atoms with Gasteiger partial charge in [0.25, 0.3) is 0 Å². The first-order valence-corrected chi connectivity index (χ1v) is 5.63. The Morgan fingerprint density at radius 3 is 2.75 bits per heavy atom. The van der Waals surface area contributed by atoms with Crippen molar-refractivity contribution >= 4 is 21.9 Å². The van der Waals surface area contributed by atoms with Crippen LogP contribution in [-0.4, -0.2) is 25.8 Å². The van der Waals surface area contributed by atoms with Gasteiger partial charge in [0.05, 0.1) is 12.2 Å². The van der Waals surface area contributed by atoms with E-state index in [-0.39, 0.29) is 12.2 Å². The van der Waals surface area contributed by atoms with Gasteiger partial charge in [-0.3, -0.25) is 0 Å². The maximum absolute atomic E-state index is 13.0. The molecule has 0 radical (unpaired) electrons. The molecule has 5 heteroatoms. The Morgan fingerprint density at radius 2 is 2.12 bits per heavy atom. The first kappa shape index (κ1) is 13.1. The standard InChI is InChI=1S/C11H12BrFO3/c1-2-15-3-4-16-11(14)8-5-9(12)7-10(13)6-8/h5-7H,2-4H2,1H3. The van der Waals surface area contributed by atoms with E-state index >= 15 is 0 Å². The minimum atomic E-state index is -0.556. The molecule has 0 heterocycles. The van der Waals surface area contributed by atoms with Crippen molar-refractivity contribution in [2.75, 3.05) is 19.8 Å². The minimum Gasteiger partial charge on any atom is -0.460 e. The van der Waals surface area contributed by atoms with Crippen molar-refractivity contribution in [3.8, 4) is 0 Å². The molecule has 1 rings (SSSR count). The molecule has 0 aliphatic carbocycles. The molecule has 16 heavy (non-hydrogen) atoms. The quantitative estimate of drug-likeness (QED) is 0.618. The van der Waals surface area contributed by atoms with Crippen LogP contribution in [0.5, 0.6) is 0 Å². The third-order valence-electron chi connectivity index (χ3n) is 1.76. The van der Waals surface area contributed by atoms with E-state index < -0.39 is 11.8 Å². The predicted octanol–water partition coefficient (Wildman–Crippen LogP) is 2.78. The molecule has 1 aromatic rings. The van der Waals surface area contributed by atoms with E-state index in [1.54, 1.807) is 0 Å². The number of hydrogen-bond acceptors (Lipinski definition) is 3. The molecule has 88 valence electrons. The van der Waals surface area contributed by atoms with Gasteiger partial charge in [0, 0.05) is 11.1 Å². The van der Waals surface area contributed by atoms with E-state index in [1.165, 1.54) is 12.1 Å². The van der Waals surface area contributed by atoms with Gasteiger partial charge >= 0.3 is 5.97 Å². The van der Waals surface area contributed by atoms with Crippen LogP contribution in [0.2, 0.25) is 0 Å². The molecular weight excluding hydrogens is 279 g/mol. The fourth-order valence-corrected chi connectivity index (χ4v) is 1.56. The molecular formula is C11H12BrFO3. The topological polar surface area (TPSA) is 35.5 Å². The highest BCUT2D eigenvalue weighted by Crippen LogP contribution is 2.15. The largest absolute Gasteiger partial charge is 0.460 e. The highest BCUT2D eigenvalue weighted by molar-refractivity contribution is 9.10. The Bertz CT molecular complexity index is 348. The highest BCUT2D eigenvalue weighted by Gasteiger charge is 2.09. The van der Waals surface area contributed by atoms with E-state index in [9.17, 15) is 9.18 Å². The van der Waals surface area contributed by atoms with Crippen LogP contribution in [0.4, 0.5) is 4.39 Å². The number of rotatable bonds is 5. The summed E-state index contributed by atoms with van der Waals surface area (Å²) in [6, 6.07) is 3.91. The number of esters is 1. The number of ether oxygens (including phenoxy) is 2. The third-order valence-corrected chi connectivity index (χ3v) is 2.22. The Kier molecular flexibility index (Phi) is 5.42. The van der Waals surface area contributed by atoms with Crippen molar-refractivity contribution in [1.29, 1.82) is 0 Å². The Balaban J connectivity index is 2.52. The lowest BCUT2D eigenvalue weighted by Gasteiger charge is -2.05. The fourth-order valence-electron chi connectivity index (χ4n) is 1.09. The first-order valence-electron chi connectivity index (χ1n) is 4.84. The lowest BCUT2D eigenvalue weighted by molar-refractivity contribution is 0.0335. The second kappa shape index (κ2) is 6.60. The van der Waals surface area contributed by atoms with E-state index in [1.807, 2.05) is 6.92 Å². The SMILES string of the molecule is CCOCCOC(=O)c1cc(F)cc(Br)c1. The molecule has 1 aromatic carbocycles. The van der Waals surface area contributed by atoms with E-state index in [4.69, 9.17) is 9.47 Å². The molecule has 0 spiro atoms. The van der Waals surface area contributed by atoms with Crippen molar-refractivity contribution in [3.05, 3.63) is 34.1 Å². The van der Waals surface area contributed by atoms with Crippen molar-refractivity contribution in [1.82, 2.24) is 0 Å². The molecule has 0 bridgehead atoms. The third kappa shape index (κ3) is 4.28. The number of benzene rings is 1. The number of halogens is 2. The monoisotopic (exact) mass is 290 g/mol. The van der Waals surface area contributed by atoms with Crippen LogP contribution in [0.3, 0.4) is 0 Å². The van der Waals surface area contributed by atoms with Crippen molar-refractivity contribution in [3.63, 3.8) is 0 Å². The summed E-state index contributed by atoms with van der Waals surface area (Å²) in [6.45, 7) is 2.94. The van der Waals surface area contributed by atoms with Gasteiger partial charge in [0.15, 0.2) is 0 Å². The van der Waals surface area contributed by atoms with Gasteiger partial charge in [0.2, 0.25) is 0 Å². The molecule has 0 aliphatic rings. The zero-order valence-corrected chi connectivity index (χ0v) is 10.4. The molecule has 0 unspecified atom stereocenters. The summed E-state index contributed by atoms with van der Waals surface area (Å²) in [6.07, 6.45) is 0. The van der Waals surface area contributed by atoms with Crippen LogP contribution in [-0.2, 0) is 9.47 Å². The number of hydrogen-bond donors (Lipinski definition) is 0. The highest BCUT2D eigenvalue weighted by atomic mass is 79.9. The normalized spacial score (nSPS) is 10.2. The molecule has 0 N–H and O–H groups in total. The van der Waals surface area contributed by atoms with Crippen molar-refractivity contribution in [2.45, 2.75) is 6.92 Å². The molecule has 0 aliphatic heterocycles. The molecule has 3 nitrogen and oxygen atoms in total. The zero-order chi connectivity index (χ0) is 12.0. The van der Waals surface area contributed by atoms with Crippen molar-refractivity contribution in [2.24, 2.45) is 0 Å². The minimum absolute atomic E-state index is 0.167. The Labute approximate surface area is 102 Å². The van der Waals surface area contributed by atoms with Gasteiger partial charge in [-0.15, -0.1) is 0 Å². The average molecular weight is 291 g/mol. The van der Waals surface area contributed by atoms with E-state index in [0.29, 0.717) is 17.7 Å². The molecule has 0 atom stereocenters. The first-order chi connectivity index (χ1) is 7.63. The van der Waals surface area contributed by atoms with Crippen LogP contribution >= 0.6 is 15.9 Å². The molecule has 0 saturated carbocycles. The summed E-state index contributed by atoms with van der Waals surface area (Å²) in [5.74, 6) is -1.04. The molecule has 0 fully saturated rings. The maximum Gasteiger partial charge on any atom is 0.338 e. The smallest absolute Gasteiger partial charge is 0.338 e. The lowest BCUT2D eigenvalue weighted by atomic mass is 10.2. The molecule has 0 aromatic heterocycles. The molecule has 0 saturated heterocycles. The maximum atomic E-state index is 13.0. The van der Waals surface area contributed by atoms with Gasteiger partial charge in [0.1, 0.15) is 12.4 Å². The van der Waals surface area contributed by atoms with E-state index in [0.717, 1.165) is 6.07 Å². The Morgan fingerprint density at radius 1 is 1.38 bits per heavy atom. The van der Waals surface area contributed by atoms with Gasteiger partial charge in [-0.2, -0.15) is 0 Å². The summed E-state index contributed by atoms with van der Waals surface area (Å²) >= 11 is 3.10. The van der Waals surface area contributed by atoms with Gasteiger partial charge < -0.3 is 9.47 Å².